The van der Waals surface area contributed by atoms with Gasteiger partial charge in [0.25, 0.3) is 0 Å². The van der Waals surface area contributed by atoms with Crippen LogP contribution in [0.1, 0.15) is 26.7 Å². The van der Waals surface area contributed by atoms with Crippen molar-refractivity contribution >= 4 is 5.78 Å². The van der Waals surface area contributed by atoms with Crippen molar-refractivity contribution in [2.24, 2.45) is 5.92 Å². The maximum atomic E-state index is 11.2. The maximum absolute atomic E-state index is 11.2. The molecular formula is C11H19NO. The molecule has 0 radical (unpaired) electrons. The van der Waals surface area contributed by atoms with Crippen LogP contribution in [0.2, 0.25) is 0 Å². The van der Waals surface area contributed by atoms with Crippen molar-refractivity contribution in [1.82, 2.24) is 4.90 Å². The minimum Gasteiger partial charge on any atom is -0.299 e. The minimum atomic E-state index is 0.221. The lowest BCUT2D eigenvalue weighted by atomic mass is 9.98. The molecule has 1 aliphatic rings. The van der Waals surface area contributed by atoms with Gasteiger partial charge >= 0.3 is 0 Å². The molecule has 0 amide bonds. The van der Waals surface area contributed by atoms with Crippen LogP contribution in [-0.2, 0) is 4.79 Å². The second-order valence-corrected chi connectivity index (χ2v) is 3.96. The normalized spacial score (nSPS) is 24.8. The molecule has 0 saturated carbocycles. The van der Waals surface area contributed by atoms with E-state index in [9.17, 15) is 4.79 Å². The number of nitrogens with zero attached hydrogens (tertiary/aromatic N) is 1. The van der Waals surface area contributed by atoms with Gasteiger partial charge in [-0.15, -0.1) is 0 Å². The van der Waals surface area contributed by atoms with E-state index in [-0.39, 0.29) is 5.92 Å². The Morgan fingerprint density at radius 1 is 1.69 bits per heavy atom. The van der Waals surface area contributed by atoms with Crippen LogP contribution in [0.5, 0.6) is 0 Å². The number of ketones is 1. The number of carbonyl (C=O) groups is 1. The molecule has 1 aliphatic heterocycles. The Bertz CT molecular complexity index is 210. The number of hydrogen-bond donors (Lipinski definition) is 0. The van der Waals surface area contributed by atoms with Crippen molar-refractivity contribution in [3.05, 3.63) is 12.2 Å². The highest BCUT2D eigenvalue weighted by Crippen LogP contribution is 2.13. The van der Waals surface area contributed by atoms with Gasteiger partial charge in [-0.1, -0.05) is 26.0 Å². The van der Waals surface area contributed by atoms with Crippen LogP contribution in [0.15, 0.2) is 12.2 Å². The van der Waals surface area contributed by atoms with Crippen LogP contribution in [0.4, 0.5) is 0 Å². The molecule has 0 bridgehead atoms. The molecule has 1 saturated heterocycles. The smallest absolute Gasteiger partial charge is 0.138 e. The van der Waals surface area contributed by atoms with Gasteiger partial charge in [-0.3, -0.25) is 9.69 Å². The van der Waals surface area contributed by atoms with Crippen LogP contribution in [0.25, 0.3) is 0 Å². The molecule has 0 N–H and O–H groups in total. The Labute approximate surface area is 80.6 Å². The minimum absolute atomic E-state index is 0.221. The molecule has 13 heavy (non-hydrogen) atoms. The summed E-state index contributed by atoms with van der Waals surface area (Å²) in [6.45, 7) is 10.9. The van der Waals surface area contributed by atoms with E-state index in [0.717, 1.165) is 32.5 Å². The van der Waals surface area contributed by atoms with Crippen molar-refractivity contribution in [3.63, 3.8) is 0 Å². The van der Waals surface area contributed by atoms with Crippen molar-refractivity contribution in [3.8, 4) is 0 Å². The molecule has 0 aromatic rings. The summed E-state index contributed by atoms with van der Waals surface area (Å²) in [5, 5.41) is 0. The van der Waals surface area contributed by atoms with Crippen LogP contribution in [0, 0.1) is 5.92 Å². The van der Waals surface area contributed by atoms with Gasteiger partial charge in [0.1, 0.15) is 5.78 Å². The lowest BCUT2D eigenvalue weighted by molar-refractivity contribution is -0.125. The average Bonchev–Trinajstić information content (AvgIpc) is 2.11. The summed E-state index contributed by atoms with van der Waals surface area (Å²) in [6, 6.07) is 0. The number of rotatable bonds is 3. The zero-order valence-corrected chi connectivity index (χ0v) is 8.68. The number of likely N-dealkylation sites (tertiary alicyclic amines) is 1. The van der Waals surface area contributed by atoms with E-state index in [2.05, 4.69) is 18.4 Å². The molecule has 0 spiro atoms. The fraction of sp³-hybridized carbons (Fsp3) is 0.727. The topological polar surface area (TPSA) is 20.3 Å². The second kappa shape index (κ2) is 4.56. The van der Waals surface area contributed by atoms with Crippen LogP contribution < -0.4 is 0 Å². The van der Waals surface area contributed by atoms with Gasteiger partial charge in [-0.05, 0) is 6.42 Å². The largest absolute Gasteiger partial charge is 0.299 e. The third-order valence-electron chi connectivity index (χ3n) is 2.70. The maximum Gasteiger partial charge on any atom is 0.138 e. The summed E-state index contributed by atoms with van der Waals surface area (Å²) >= 11 is 0. The Balaban J connectivity index is 2.37. The fourth-order valence-corrected chi connectivity index (χ4v) is 1.67. The number of carbonyl (C=O) groups excluding carboxylic acids is 1. The van der Waals surface area contributed by atoms with Gasteiger partial charge in [-0.2, -0.15) is 0 Å². The van der Waals surface area contributed by atoms with E-state index >= 15 is 0 Å². The first kappa shape index (κ1) is 10.5. The van der Waals surface area contributed by atoms with Gasteiger partial charge in [-0.25, -0.2) is 0 Å². The molecule has 0 aromatic carbocycles. The molecule has 1 unspecified atom stereocenters. The number of Topliss-reactive ketones (excluding diaryl/α,β-unsaturated/α-hetero) is 1. The zero-order chi connectivity index (χ0) is 9.84. The summed E-state index contributed by atoms with van der Waals surface area (Å²) in [4.78, 5) is 13.6. The molecular weight excluding hydrogens is 162 g/mol. The molecule has 1 fully saturated rings. The van der Waals surface area contributed by atoms with Gasteiger partial charge in [0.2, 0.25) is 0 Å². The predicted molar refractivity (Wildman–Crippen MR) is 54.7 cm³/mol. The highest BCUT2D eigenvalue weighted by atomic mass is 16.1. The Hall–Kier alpha value is -0.630. The Kier molecular flexibility index (Phi) is 3.67. The van der Waals surface area contributed by atoms with Crippen LogP contribution in [-0.4, -0.2) is 30.3 Å². The number of piperidine rings is 1. The standard InChI is InChI=1S/C11H19NO/c1-4-9(2)7-12-6-5-11(13)10(3)8-12/h10H,2,4-8H2,1,3H3. The monoisotopic (exact) mass is 181 g/mol. The van der Waals surface area contributed by atoms with Crippen LogP contribution >= 0.6 is 0 Å². The SMILES string of the molecule is C=C(CC)CN1CCC(=O)C(C)C1. The van der Waals surface area contributed by atoms with Crippen molar-refractivity contribution in [1.29, 1.82) is 0 Å². The van der Waals surface area contributed by atoms with E-state index in [0.29, 0.717) is 5.78 Å². The highest BCUT2D eigenvalue weighted by molar-refractivity contribution is 5.81. The van der Waals surface area contributed by atoms with Crippen molar-refractivity contribution < 1.29 is 4.79 Å². The van der Waals surface area contributed by atoms with Gasteiger partial charge in [0, 0.05) is 32.0 Å². The molecule has 1 rings (SSSR count). The summed E-state index contributed by atoms with van der Waals surface area (Å²) in [5.41, 5.74) is 1.27. The zero-order valence-electron chi connectivity index (χ0n) is 8.68. The average molecular weight is 181 g/mol. The third-order valence-corrected chi connectivity index (χ3v) is 2.70. The molecule has 2 heteroatoms. The van der Waals surface area contributed by atoms with Gasteiger partial charge in [0.05, 0.1) is 0 Å². The van der Waals surface area contributed by atoms with E-state index < -0.39 is 0 Å². The highest BCUT2D eigenvalue weighted by Gasteiger charge is 2.22. The lowest BCUT2D eigenvalue weighted by Crippen LogP contribution is -2.40. The van der Waals surface area contributed by atoms with E-state index in [1.165, 1.54) is 5.57 Å². The molecule has 1 atom stereocenters. The first-order valence-electron chi connectivity index (χ1n) is 5.05. The van der Waals surface area contributed by atoms with E-state index in [4.69, 9.17) is 0 Å². The molecule has 1 heterocycles. The third kappa shape index (κ3) is 2.96. The lowest BCUT2D eigenvalue weighted by Gasteiger charge is -2.30. The first-order chi connectivity index (χ1) is 6.13. The Morgan fingerprint density at radius 2 is 2.38 bits per heavy atom. The molecule has 0 aromatic heterocycles. The van der Waals surface area contributed by atoms with Crippen molar-refractivity contribution in [2.75, 3.05) is 19.6 Å². The van der Waals surface area contributed by atoms with E-state index in [1.807, 2.05) is 6.92 Å². The quantitative estimate of drug-likeness (QED) is 0.619. The second-order valence-electron chi connectivity index (χ2n) is 3.96. The van der Waals surface area contributed by atoms with Crippen molar-refractivity contribution in [2.45, 2.75) is 26.7 Å². The summed E-state index contributed by atoms with van der Waals surface area (Å²) in [6.07, 6.45) is 1.76. The number of hydrogen-bond acceptors (Lipinski definition) is 2. The van der Waals surface area contributed by atoms with Gasteiger partial charge in [0.15, 0.2) is 0 Å². The first-order valence-corrected chi connectivity index (χ1v) is 5.05. The fourth-order valence-electron chi connectivity index (χ4n) is 1.67. The molecule has 0 aliphatic carbocycles. The predicted octanol–water partition coefficient (Wildman–Crippen LogP) is 1.86. The Morgan fingerprint density at radius 3 is 2.92 bits per heavy atom. The van der Waals surface area contributed by atoms with Crippen LogP contribution in [0.3, 0.4) is 0 Å². The van der Waals surface area contributed by atoms with E-state index in [1.54, 1.807) is 0 Å². The molecule has 74 valence electrons. The summed E-state index contributed by atoms with van der Waals surface area (Å²) < 4.78 is 0. The summed E-state index contributed by atoms with van der Waals surface area (Å²) in [7, 11) is 0. The summed E-state index contributed by atoms with van der Waals surface area (Å²) in [5.74, 6) is 0.636. The molecule has 2 nitrogen and oxygen atoms in total. The van der Waals surface area contributed by atoms with Gasteiger partial charge < -0.3 is 0 Å².